The van der Waals surface area contributed by atoms with Gasteiger partial charge in [-0.05, 0) is 45.0 Å². The van der Waals surface area contributed by atoms with Crippen LogP contribution in [0.3, 0.4) is 0 Å². The van der Waals surface area contributed by atoms with Gasteiger partial charge in [0.15, 0.2) is 0 Å². The Bertz CT molecular complexity index is 1380. The molecule has 182 valence electrons. The third-order valence-corrected chi connectivity index (χ3v) is 6.29. The number of nitrogens with one attached hydrogen (secondary N) is 1. The summed E-state index contributed by atoms with van der Waals surface area (Å²) in [5, 5.41) is 13.2. The van der Waals surface area contributed by atoms with E-state index in [1.165, 1.54) is 6.33 Å². The Morgan fingerprint density at radius 3 is 2.67 bits per heavy atom. The minimum Gasteiger partial charge on any atom is -0.492 e. The van der Waals surface area contributed by atoms with Crippen LogP contribution in [0.2, 0.25) is 0 Å². The quantitative estimate of drug-likeness (QED) is 0.423. The van der Waals surface area contributed by atoms with Crippen LogP contribution in [0.15, 0.2) is 42.7 Å². The third kappa shape index (κ3) is 5.75. The molecule has 1 aliphatic rings. The summed E-state index contributed by atoms with van der Waals surface area (Å²) in [6.45, 7) is 10.7. The second-order valence-electron chi connectivity index (χ2n) is 9.10. The van der Waals surface area contributed by atoms with Gasteiger partial charge in [0.2, 0.25) is 0 Å². The van der Waals surface area contributed by atoms with Gasteiger partial charge in [-0.25, -0.2) is 9.97 Å². The first-order valence-electron chi connectivity index (χ1n) is 12.1. The summed E-state index contributed by atoms with van der Waals surface area (Å²) in [5.41, 5.74) is 2.86. The van der Waals surface area contributed by atoms with E-state index in [-0.39, 0.29) is 5.54 Å². The van der Waals surface area contributed by atoms with Crippen LogP contribution in [0.5, 0.6) is 5.75 Å². The molecule has 1 saturated heterocycles. The maximum atomic E-state index is 8.96. The average molecular weight is 479 g/mol. The molecule has 0 saturated carbocycles. The summed E-state index contributed by atoms with van der Waals surface area (Å²) < 4.78 is 5.93. The van der Waals surface area contributed by atoms with Crippen molar-refractivity contribution >= 4 is 22.4 Å². The van der Waals surface area contributed by atoms with Crippen LogP contribution in [0, 0.1) is 35.5 Å². The van der Waals surface area contributed by atoms with E-state index >= 15 is 0 Å². The largest absolute Gasteiger partial charge is 0.492 e. The monoisotopic (exact) mass is 478 g/mol. The predicted octanol–water partition coefficient (Wildman–Crippen LogP) is 4.02. The zero-order valence-corrected chi connectivity index (χ0v) is 21.0. The molecule has 0 amide bonds. The number of nitrogens with zero attached hydrogens (tertiary/aromatic N) is 5. The molecule has 0 atom stereocenters. The number of hydrogen-bond donors (Lipinski definition) is 1. The molecule has 7 nitrogen and oxygen atoms in total. The lowest BCUT2D eigenvalue weighted by Gasteiger charge is -2.40. The summed E-state index contributed by atoms with van der Waals surface area (Å²) in [6, 6.07) is 13.8. The van der Waals surface area contributed by atoms with Gasteiger partial charge in [-0.3, -0.25) is 9.80 Å². The zero-order chi connectivity index (χ0) is 25.5. The number of anilines is 2. The zero-order valence-electron chi connectivity index (χ0n) is 21.0. The number of terminal acetylenes is 1. The van der Waals surface area contributed by atoms with Crippen molar-refractivity contribution in [3.63, 3.8) is 0 Å². The Hall–Kier alpha value is -4.09. The lowest BCUT2D eigenvalue weighted by Crippen LogP contribution is -2.54. The van der Waals surface area contributed by atoms with E-state index in [0.717, 1.165) is 53.9 Å². The second kappa shape index (κ2) is 11.1. The van der Waals surface area contributed by atoms with Crippen molar-refractivity contribution in [2.24, 2.45) is 0 Å². The lowest BCUT2D eigenvalue weighted by atomic mass is 10.0. The minimum absolute atomic E-state index is 0.332. The molecule has 0 radical (unpaired) electrons. The van der Waals surface area contributed by atoms with Crippen molar-refractivity contribution in [3.8, 4) is 36.0 Å². The van der Waals surface area contributed by atoms with Crippen LogP contribution in [-0.4, -0.2) is 64.6 Å². The minimum atomic E-state index is -0.332. The number of nitriles is 1. The predicted molar refractivity (Wildman–Crippen MR) is 143 cm³/mol. The molecule has 0 aliphatic carbocycles. The molecule has 4 rings (SSSR count). The summed E-state index contributed by atoms with van der Waals surface area (Å²) in [5.74, 6) is 10.9. The number of piperazine rings is 1. The normalized spacial score (nSPS) is 14.4. The molecule has 7 heteroatoms. The average Bonchev–Trinajstić information content (AvgIpc) is 2.88. The van der Waals surface area contributed by atoms with Crippen LogP contribution >= 0.6 is 0 Å². The first kappa shape index (κ1) is 25.0. The van der Waals surface area contributed by atoms with Crippen LogP contribution in [0.1, 0.15) is 31.9 Å². The smallest absolute Gasteiger partial charge is 0.141 e. The van der Waals surface area contributed by atoms with Crippen LogP contribution < -0.4 is 10.1 Å². The van der Waals surface area contributed by atoms with Gasteiger partial charge >= 0.3 is 0 Å². The molecule has 0 bridgehead atoms. The van der Waals surface area contributed by atoms with Crippen molar-refractivity contribution in [2.45, 2.75) is 26.3 Å². The van der Waals surface area contributed by atoms with Gasteiger partial charge in [-0.1, -0.05) is 23.8 Å². The van der Waals surface area contributed by atoms with E-state index in [0.29, 0.717) is 24.7 Å². The Balaban J connectivity index is 1.66. The molecule has 1 fully saturated rings. The molecule has 0 spiro atoms. The number of ether oxygens (including phenoxy) is 1. The van der Waals surface area contributed by atoms with Crippen LogP contribution in [0.4, 0.5) is 11.5 Å². The van der Waals surface area contributed by atoms with E-state index in [1.54, 1.807) is 0 Å². The fourth-order valence-electron chi connectivity index (χ4n) is 4.24. The van der Waals surface area contributed by atoms with E-state index < -0.39 is 0 Å². The highest BCUT2D eigenvalue weighted by atomic mass is 16.5. The molecular weight excluding hydrogens is 448 g/mol. The van der Waals surface area contributed by atoms with Gasteiger partial charge in [-0.2, -0.15) is 5.26 Å². The lowest BCUT2D eigenvalue weighted by molar-refractivity contribution is 0.0881. The maximum absolute atomic E-state index is 8.96. The number of rotatable bonds is 6. The Kier molecular flexibility index (Phi) is 7.71. The Morgan fingerprint density at radius 1 is 1.14 bits per heavy atom. The van der Waals surface area contributed by atoms with E-state index in [1.807, 2.05) is 43.3 Å². The van der Waals surface area contributed by atoms with Gasteiger partial charge in [0, 0.05) is 48.9 Å². The molecule has 0 unspecified atom stereocenters. The van der Waals surface area contributed by atoms with Crippen molar-refractivity contribution in [2.75, 3.05) is 44.6 Å². The molecule has 3 aromatic rings. The van der Waals surface area contributed by atoms with E-state index in [9.17, 15) is 0 Å². The molecular formula is C29H30N6O. The molecule has 1 aliphatic heterocycles. The van der Waals surface area contributed by atoms with E-state index in [2.05, 4.69) is 62.8 Å². The summed E-state index contributed by atoms with van der Waals surface area (Å²) in [7, 11) is 0. The molecule has 2 heterocycles. The van der Waals surface area contributed by atoms with E-state index in [4.69, 9.17) is 16.4 Å². The first-order chi connectivity index (χ1) is 17.4. The Labute approximate surface area is 213 Å². The number of benzene rings is 2. The summed E-state index contributed by atoms with van der Waals surface area (Å²) >= 11 is 0. The number of fused-ring (bicyclic) bond motifs is 1. The number of aromatic nitrogens is 2. The summed E-state index contributed by atoms with van der Waals surface area (Å²) in [4.78, 5) is 13.5. The highest BCUT2D eigenvalue weighted by Gasteiger charge is 2.28. The van der Waals surface area contributed by atoms with Crippen molar-refractivity contribution in [1.82, 2.24) is 19.8 Å². The standard InChI is InChI=1S/C29H30N6O/c1-5-22-8-7-9-24(18-22)33-28-25-19-23(27(36-6-2)20-26(25)31-21-32-28)10-11-29(3,4)35-16-14-34(13-12-30)15-17-35/h1,7-9,18-21H,6,13-17H2,2-4H3,(H,31,32,33). The Morgan fingerprint density at radius 2 is 1.94 bits per heavy atom. The molecule has 36 heavy (non-hydrogen) atoms. The number of hydrogen-bond acceptors (Lipinski definition) is 7. The summed E-state index contributed by atoms with van der Waals surface area (Å²) in [6.07, 6.45) is 7.09. The van der Waals surface area contributed by atoms with Crippen LogP contribution in [0.25, 0.3) is 10.9 Å². The topological polar surface area (TPSA) is 77.3 Å². The molecule has 1 aromatic heterocycles. The van der Waals surface area contributed by atoms with Gasteiger partial charge in [0.25, 0.3) is 0 Å². The van der Waals surface area contributed by atoms with Gasteiger partial charge in [-0.15, -0.1) is 6.42 Å². The van der Waals surface area contributed by atoms with Crippen LogP contribution in [-0.2, 0) is 0 Å². The molecule has 1 N–H and O–H groups in total. The van der Waals surface area contributed by atoms with Crippen molar-refractivity contribution in [3.05, 3.63) is 53.9 Å². The fourth-order valence-corrected chi connectivity index (χ4v) is 4.24. The highest BCUT2D eigenvalue weighted by Crippen LogP contribution is 2.30. The first-order valence-corrected chi connectivity index (χ1v) is 12.1. The van der Waals surface area contributed by atoms with Gasteiger partial charge in [0.1, 0.15) is 17.9 Å². The van der Waals surface area contributed by atoms with Crippen molar-refractivity contribution < 1.29 is 4.74 Å². The molecule has 2 aromatic carbocycles. The SMILES string of the molecule is C#Cc1cccc(Nc2ncnc3cc(OCC)c(C#CC(C)(C)N4CCN(CC#N)CC4)cc23)c1. The second-order valence-corrected chi connectivity index (χ2v) is 9.10. The van der Waals surface area contributed by atoms with Gasteiger partial charge in [0.05, 0.1) is 35.8 Å². The third-order valence-electron chi connectivity index (χ3n) is 6.29. The fraction of sp³-hybridized carbons (Fsp3) is 0.345. The van der Waals surface area contributed by atoms with Crippen molar-refractivity contribution in [1.29, 1.82) is 5.26 Å². The van der Waals surface area contributed by atoms with Gasteiger partial charge < -0.3 is 10.1 Å². The highest BCUT2D eigenvalue weighted by molar-refractivity contribution is 5.93. The maximum Gasteiger partial charge on any atom is 0.141 e.